The maximum atomic E-state index is 11.5. The van der Waals surface area contributed by atoms with E-state index in [4.69, 9.17) is 0 Å². The number of aromatic nitrogens is 3. The first-order valence-corrected chi connectivity index (χ1v) is 12.0. The molecule has 9 heteroatoms. The average Bonchev–Trinajstić information content (AvgIpc) is 3.14. The number of benzene rings is 1. The summed E-state index contributed by atoms with van der Waals surface area (Å²) in [7, 11) is -3.16. The molecule has 0 saturated carbocycles. The molecule has 2 N–H and O–H groups in total. The van der Waals surface area contributed by atoms with E-state index in [1.54, 1.807) is 12.1 Å². The molecule has 8 nitrogen and oxygen atoms in total. The fourth-order valence-corrected chi connectivity index (χ4v) is 3.69. The molecular weight excluding hydrogens is 400 g/mol. The number of nitrogens with one attached hydrogen (secondary N) is 2. The van der Waals surface area contributed by atoms with E-state index in [2.05, 4.69) is 25.8 Å². The Morgan fingerprint density at radius 1 is 1.07 bits per heavy atom. The first kappa shape index (κ1) is 21.8. The van der Waals surface area contributed by atoms with Crippen LogP contribution in [0.3, 0.4) is 0 Å². The molecule has 0 amide bonds. The van der Waals surface area contributed by atoms with Crippen molar-refractivity contribution in [2.24, 2.45) is 4.99 Å². The number of sulfone groups is 1. The zero-order valence-corrected chi connectivity index (χ0v) is 18.2. The zero-order chi connectivity index (χ0) is 21.4. The quantitative estimate of drug-likeness (QED) is 0.307. The number of aryl methyl sites for hydroxylation is 1. The van der Waals surface area contributed by atoms with E-state index in [1.807, 2.05) is 47.9 Å². The fourth-order valence-electron chi connectivity index (χ4n) is 3.06. The maximum Gasteiger partial charge on any atom is 0.191 e. The number of aliphatic imine (C=N–C) groups is 1. The SMILES string of the molecule is CCNC(=NCCCc1nnc2ccccn12)NCCc1ccc(S(C)(=O)=O)cc1. The second kappa shape index (κ2) is 10.2. The Morgan fingerprint density at radius 3 is 2.60 bits per heavy atom. The first-order valence-electron chi connectivity index (χ1n) is 10.1. The van der Waals surface area contributed by atoms with E-state index in [0.717, 1.165) is 48.8 Å². The lowest BCUT2D eigenvalue weighted by Gasteiger charge is -2.11. The van der Waals surface area contributed by atoms with E-state index in [1.165, 1.54) is 6.26 Å². The molecule has 0 aliphatic rings. The minimum atomic E-state index is -3.16. The fraction of sp³-hybridized carbons (Fsp3) is 0.381. The largest absolute Gasteiger partial charge is 0.357 e. The van der Waals surface area contributed by atoms with Crippen molar-refractivity contribution in [3.8, 4) is 0 Å². The van der Waals surface area contributed by atoms with Crippen molar-refractivity contribution in [3.63, 3.8) is 0 Å². The van der Waals surface area contributed by atoms with E-state index < -0.39 is 9.84 Å². The van der Waals surface area contributed by atoms with Crippen molar-refractivity contribution >= 4 is 21.4 Å². The number of guanidine groups is 1. The number of rotatable bonds is 9. The van der Waals surface area contributed by atoms with Gasteiger partial charge in [0.25, 0.3) is 0 Å². The van der Waals surface area contributed by atoms with E-state index in [0.29, 0.717) is 18.0 Å². The van der Waals surface area contributed by atoms with Crippen molar-refractivity contribution in [2.45, 2.75) is 31.1 Å². The van der Waals surface area contributed by atoms with Gasteiger partial charge < -0.3 is 10.6 Å². The minimum Gasteiger partial charge on any atom is -0.357 e. The second-order valence-corrected chi connectivity index (χ2v) is 9.02. The van der Waals surface area contributed by atoms with Crippen LogP contribution in [0.5, 0.6) is 0 Å². The van der Waals surface area contributed by atoms with Crippen LogP contribution in [0.1, 0.15) is 24.7 Å². The van der Waals surface area contributed by atoms with Crippen molar-refractivity contribution in [1.29, 1.82) is 0 Å². The number of fused-ring (bicyclic) bond motifs is 1. The molecule has 0 unspecified atom stereocenters. The highest BCUT2D eigenvalue weighted by Crippen LogP contribution is 2.10. The lowest BCUT2D eigenvalue weighted by atomic mass is 10.1. The Labute approximate surface area is 177 Å². The van der Waals surface area contributed by atoms with Crippen LogP contribution in [-0.2, 0) is 22.7 Å². The second-order valence-electron chi connectivity index (χ2n) is 7.00. The predicted molar refractivity (Wildman–Crippen MR) is 119 cm³/mol. The molecule has 0 radical (unpaired) electrons. The Bertz CT molecular complexity index is 1090. The number of nitrogens with zero attached hydrogens (tertiary/aromatic N) is 4. The van der Waals surface area contributed by atoms with Gasteiger partial charge in [-0.1, -0.05) is 18.2 Å². The molecule has 0 aliphatic heterocycles. The van der Waals surface area contributed by atoms with Crippen molar-refractivity contribution in [3.05, 3.63) is 60.0 Å². The topological polar surface area (TPSA) is 101 Å². The Balaban J connectivity index is 1.47. The maximum absolute atomic E-state index is 11.5. The third-order valence-corrected chi connectivity index (χ3v) is 5.74. The van der Waals surface area contributed by atoms with Crippen LogP contribution in [0, 0.1) is 0 Å². The van der Waals surface area contributed by atoms with Gasteiger partial charge >= 0.3 is 0 Å². The van der Waals surface area contributed by atoms with Gasteiger partial charge in [0, 0.05) is 38.5 Å². The summed E-state index contributed by atoms with van der Waals surface area (Å²) in [6.45, 7) is 4.20. The van der Waals surface area contributed by atoms with Crippen LogP contribution in [0.4, 0.5) is 0 Å². The van der Waals surface area contributed by atoms with Gasteiger partial charge in [-0.25, -0.2) is 8.42 Å². The molecular formula is C21H28N6O2S. The molecule has 0 saturated heterocycles. The Kier molecular flexibility index (Phi) is 7.40. The normalized spacial score (nSPS) is 12.3. The first-order chi connectivity index (χ1) is 14.5. The van der Waals surface area contributed by atoms with E-state index in [-0.39, 0.29) is 0 Å². The average molecular weight is 429 g/mol. The van der Waals surface area contributed by atoms with E-state index in [9.17, 15) is 8.42 Å². The zero-order valence-electron chi connectivity index (χ0n) is 17.4. The van der Waals surface area contributed by atoms with Crippen LogP contribution in [0.2, 0.25) is 0 Å². The summed E-state index contributed by atoms with van der Waals surface area (Å²) < 4.78 is 25.1. The molecule has 3 rings (SSSR count). The van der Waals surface area contributed by atoms with Gasteiger partial charge in [-0.3, -0.25) is 9.39 Å². The summed E-state index contributed by atoms with van der Waals surface area (Å²) in [5, 5.41) is 15.0. The standard InChI is InChI=1S/C21H28N6O2S/c1-3-22-21(24-15-13-17-9-11-18(12-10-17)30(2,28)29)23-14-6-8-20-26-25-19-7-4-5-16-27(19)20/h4-5,7,9-12,16H,3,6,8,13-15H2,1-2H3,(H2,22,23,24). The molecule has 0 atom stereocenters. The van der Waals surface area contributed by atoms with Crippen molar-refractivity contribution in [1.82, 2.24) is 25.2 Å². The van der Waals surface area contributed by atoms with E-state index >= 15 is 0 Å². The van der Waals surface area contributed by atoms with Gasteiger partial charge in [0.15, 0.2) is 21.4 Å². The number of hydrogen-bond donors (Lipinski definition) is 2. The molecule has 0 bridgehead atoms. The van der Waals surface area contributed by atoms with Gasteiger partial charge in [0.2, 0.25) is 0 Å². The van der Waals surface area contributed by atoms with Gasteiger partial charge in [-0.05, 0) is 49.6 Å². The smallest absolute Gasteiger partial charge is 0.191 e. The summed E-state index contributed by atoms with van der Waals surface area (Å²) in [6, 6.07) is 12.9. The number of hydrogen-bond acceptors (Lipinski definition) is 5. The van der Waals surface area contributed by atoms with Crippen molar-refractivity contribution in [2.75, 3.05) is 25.9 Å². The molecule has 2 heterocycles. The highest BCUT2D eigenvalue weighted by atomic mass is 32.2. The third kappa shape index (κ3) is 6.03. The van der Waals surface area contributed by atoms with Gasteiger partial charge in [-0.2, -0.15) is 0 Å². The highest BCUT2D eigenvalue weighted by molar-refractivity contribution is 7.90. The van der Waals surface area contributed by atoms with Crippen LogP contribution in [0.25, 0.3) is 5.65 Å². The molecule has 0 aliphatic carbocycles. The molecule has 3 aromatic rings. The molecule has 0 spiro atoms. The summed E-state index contributed by atoms with van der Waals surface area (Å²) in [5.41, 5.74) is 1.93. The Hall–Kier alpha value is -2.94. The minimum absolute atomic E-state index is 0.342. The van der Waals surface area contributed by atoms with Gasteiger partial charge in [-0.15, -0.1) is 10.2 Å². The van der Waals surface area contributed by atoms with Crippen LogP contribution in [-0.4, -0.2) is 54.9 Å². The molecule has 1 aromatic carbocycles. The predicted octanol–water partition coefficient (Wildman–Crippen LogP) is 1.86. The summed E-state index contributed by atoms with van der Waals surface area (Å²) in [6.07, 6.45) is 5.65. The summed E-state index contributed by atoms with van der Waals surface area (Å²) in [4.78, 5) is 4.97. The van der Waals surface area contributed by atoms with Gasteiger partial charge in [0.1, 0.15) is 5.82 Å². The van der Waals surface area contributed by atoms with Crippen LogP contribution in [0.15, 0.2) is 58.5 Å². The highest BCUT2D eigenvalue weighted by Gasteiger charge is 2.06. The third-order valence-electron chi connectivity index (χ3n) is 4.61. The monoisotopic (exact) mass is 428 g/mol. The molecule has 2 aromatic heterocycles. The number of pyridine rings is 1. The summed E-state index contributed by atoms with van der Waals surface area (Å²) >= 11 is 0. The lowest BCUT2D eigenvalue weighted by molar-refractivity contribution is 0.602. The molecule has 160 valence electrons. The molecule has 0 fully saturated rings. The molecule has 30 heavy (non-hydrogen) atoms. The Morgan fingerprint density at radius 2 is 1.87 bits per heavy atom. The van der Waals surface area contributed by atoms with Crippen molar-refractivity contribution < 1.29 is 8.42 Å². The lowest BCUT2D eigenvalue weighted by Crippen LogP contribution is -2.38. The van der Waals surface area contributed by atoms with Gasteiger partial charge in [0.05, 0.1) is 4.90 Å². The van der Waals surface area contributed by atoms with Crippen LogP contribution < -0.4 is 10.6 Å². The summed E-state index contributed by atoms with van der Waals surface area (Å²) in [5.74, 6) is 1.72. The van der Waals surface area contributed by atoms with Crippen LogP contribution >= 0.6 is 0 Å².